The molecule has 2 saturated heterocycles. The Morgan fingerprint density at radius 1 is 0.909 bits per heavy atom. The standard InChI is InChI=1S/C25H21F4N3O/c26-20-4-2-1-3-19(20)15-5-7-16(8-6-15)23-21-13-30-14-22(23)32(21)24(33)31-18-11-9-17(10-12-18)25(27,28)29/h1-12,21-23,30H,13-14H2,(H,31,33)/t21-,22+,23?. The molecule has 2 amide bonds. The first-order valence-electron chi connectivity index (χ1n) is 10.6. The molecule has 1 unspecified atom stereocenters. The smallest absolute Gasteiger partial charge is 0.315 e. The fourth-order valence-corrected chi connectivity index (χ4v) is 4.83. The molecule has 5 rings (SSSR count). The number of carbonyl (C=O) groups is 1. The van der Waals surface area contributed by atoms with E-state index >= 15 is 0 Å². The second kappa shape index (κ2) is 8.19. The number of piperazine rings is 1. The Morgan fingerprint density at radius 2 is 1.55 bits per heavy atom. The quantitative estimate of drug-likeness (QED) is 0.514. The van der Waals surface area contributed by atoms with Crippen LogP contribution in [0.15, 0.2) is 72.8 Å². The summed E-state index contributed by atoms with van der Waals surface area (Å²) in [5, 5.41) is 6.02. The summed E-state index contributed by atoms with van der Waals surface area (Å²) in [5.41, 5.74) is 1.96. The van der Waals surface area contributed by atoms with Crippen LogP contribution >= 0.6 is 0 Å². The topological polar surface area (TPSA) is 44.4 Å². The molecule has 2 heterocycles. The first-order valence-corrected chi connectivity index (χ1v) is 10.6. The van der Waals surface area contributed by atoms with Gasteiger partial charge in [0.05, 0.1) is 17.6 Å². The van der Waals surface area contributed by atoms with Crippen molar-refractivity contribution in [1.29, 1.82) is 0 Å². The molecule has 0 aliphatic carbocycles. The maximum absolute atomic E-state index is 14.1. The molecule has 3 atom stereocenters. The number of benzene rings is 3. The number of nitrogens with one attached hydrogen (secondary N) is 2. The Kier molecular flexibility index (Phi) is 5.32. The minimum absolute atomic E-state index is 0.0718. The minimum Gasteiger partial charge on any atom is -0.315 e. The first kappa shape index (κ1) is 21.5. The molecule has 0 radical (unpaired) electrons. The highest BCUT2D eigenvalue weighted by atomic mass is 19.4. The molecule has 8 heteroatoms. The molecule has 2 bridgehead atoms. The molecule has 2 aliphatic rings. The largest absolute Gasteiger partial charge is 0.416 e. The molecule has 0 spiro atoms. The van der Waals surface area contributed by atoms with Crippen LogP contribution < -0.4 is 10.6 Å². The van der Waals surface area contributed by atoms with Gasteiger partial charge in [0.25, 0.3) is 0 Å². The number of halogens is 4. The van der Waals surface area contributed by atoms with Gasteiger partial charge in [0.15, 0.2) is 0 Å². The van der Waals surface area contributed by atoms with E-state index in [1.54, 1.807) is 23.1 Å². The van der Waals surface area contributed by atoms with Crippen LogP contribution in [0.2, 0.25) is 0 Å². The number of piperidine rings is 1. The Hall–Kier alpha value is -3.39. The number of alkyl halides is 3. The molecule has 0 aromatic heterocycles. The number of anilines is 1. The first-order chi connectivity index (χ1) is 15.8. The number of carbonyl (C=O) groups excluding carboxylic acids is 1. The van der Waals surface area contributed by atoms with E-state index in [0.29, 0.717) is 24.3 Å². The van der Waals surface area contributed by atoms with Crippen LogP contribution in [0.25, 0.3) is 11.1 Å². The third-order valence-corrected chi connectivity index (χ3v) is 6.43. The zero-order valence-corrected chi connectivity index (χ0v) is 17.4. The SMILES string of the molecule is O=C(Nc1ccc(C(F)(F)F)cc1)N1[C@@H]2CNC[C@H]1C2c1ccc(-c2ccccc2F)cc1. The molecule has 33 heavy (non-hydrogen) atoms. The third kappa shape index (κ3) is 3.95. The summed E-state index contributed by atoms with van der Waals surface area (Å²) >= 11 is 0. The summed E-state index contributed by atoms with van der Waals surface area (Å²) in [7, 11) is 0. The van der Waals surface area contributed by atoms with Crippen LogP contribution in [0.5, 0.6) is 0 Å². The van der Waals surface area contributed by atoms with Crippen LogP contribution in [-0.2, 0) is 6.18 Å². The van der Waals surface area contributed by atoms with Gasteiger partial charge in [-0.1, -0.05) is 42.5 Å². The highest BCUT2D eigenvalue weighted by Crippen LogP contribution is 2.43. The van der Waals surface area contributed by atoms with E-state index < -0.39 is 11.7 Å². The molecule has 2 aliphatic heterocycles. The maximum atomic E-state index is 14.1. The Morgan fingerprint density at radius 3 is 2.15 bits per heavy atom. The van der Waals surface area contributed by atoms with Crippen LogP contribution in [-0.4, -0.2) is 36.1 Å². The second-order valence-electron chi connectivity index (χ2n) is 8.33. The number of amides is 2. The van der Waals surface area contributed by atoms with Crippen molar-refractivity contribution in [2.45, 2.75) is 24.2 Å². The highest BCUT2D eigenvalue weighted by Gasteiger charge is 2.53. The van der Waals surface area contributed by atoms with Gasteiger partial charge in [-0.2, -0.15) is 13.2 Å². The van der Waals surface area contributed by atoms with E-state index in [0.717, 1.165) is 23.3 Å². The van der Waals surface area contributed by atoms with Gasteiger partial charge in [-0.25, -0.2) is 9.18 Å². The summed E-state index contributed by atoms with van der Waals surface area (Å²) in [5.74, 6) is -0.139. The van der Waals surface area contributed by atoms with Gasteiger partial charge in [-0.3, -0.25) is 0 Å². The monoisotopic (exact) mass is 455 g/mol. The van der Waals surface area contributed by atoms with Crippen molar-refractivity contribution in [3.8, 4) is 11.1 Å². The van der Waals surface area contributed by atoms with Crippen LogP contribution in [0.1, 0.15) is 17.0 Å². The Balaban J connectivity index is 1.29. The second-order valence-corrected chi connectivity index (χ2v) is 8.33. The molecule has 4 nitrogen and oxygen atoms in total. The van der Waals surface area contributed by atoms with E-state index in [4.69, 9.17) is 0 Å². The zero-order valence-electron chi connectivity index (χ0n) is 17.4. The van der Waals surface area contributed by atoms with Gasteiger partial charge < -0.3 is 15.5 Å². The molecule has 3 aromatic rings. The van der Waals surface area contributed by atoms with Crippen molar-refractivity contribution in [3.63, 3.8) is 0 Å². The van der Waals surface area contributed by atoms with Crippen molar-refractivity contribution in [3.05, 3.63) is 89.7 Å². The fourth-order valence-electron chi connectivity index (χ4n) is 4.83. The maximum Gasteiger partial charge on any atom is 0.416 e. The average molecular weight is 455 g/mol. The molecule has 3 aromatic carbocycles. The Bertz CT molecular complexity index is 1150. The van der Waals surface area contributed by atoms with Crippen LogP contribution in [0.4, 0.5) is 28.0 Å². The van der Waals surface area contributed by atoms with E-state index in [1.807, 2.05) is 24.3 Å². The third-order valence-electron chi connectivity index (χ3n) is 6.43. The average Bonchev–Trinajstić information content (AvgIpc) is 2.80. The zero-order chi connectivity index (χ0) is 23.2. The van der Waals surface area contributed by atoms with Crippen molar-refractivity contribution in [1.82, 2.24) is 10.2 Å². The van der Waals surface area contributed by atoms with Gasteiger partial charge in [-0.15, -0.1) is 0 Å². The number of hydrogen-bond acceptors (Lipinski definition) is 2. The highest BCUT2D eigenvalue weighted by molar-refractivity contribution is 5.91. The summed E-state index contributed by atoms with van der Waals surface area (Å²) < 4.78 is 52.3. The molecule has 170 valence electrons. The molecular weight excluding hydrogens is 434 g/mol. The van der Waals surface area contributed by atoms with Crippen molar-refractivity contribution in [2.24, 2.45) is 0 Å². The lowest BCUT2D eigenvalue weighted by Gasteiger charge is -2.59. The predicted molar refractivity (Wildman–Crippen MR) is 117 cm³/mol. The number of hydrogen-bond donors (Lipinski definition) is 2. The lowest BCUT2D eigenvalue weighted by atomic mass is 9.72. The summed E-state index contributed by atoms with van der Waals surface area (Å²) in [4.78, 5) is 14.6. The van der Waals surface area contributed by atoms with Gasteiger partial charge in [0.2, 0.25) is 0 Å². The predicted octanol–water partition coefficient (Wildman–Crippen LogP) is 5.48. The fraction of sp³-hybridized carbons (Fsp3) is 0.240. The van der Waals surface area contributed by atoms with Gasteiger partial charge in [0, 0.05) is 30.3 Å². The van der Waals surface area contributed by atoms with Crippen LogP contribution in [0, 0.1) is 5.82 Å². The molecule has 2 fully saturated rings. The number of nitrogens with zero attached hydrogens (tertiary/aromatic N) is 1. The lowest BCUT2D eigenvalue weighted by Crippen LogP contribution is -2.74. The van der Waals surface area contributed by atoms with Gasteiger partial charge in [-0.05, 0) is 41.5 Å². The van der Waals surface area contributed by atoms with Crippen molar-refractivity contribution < 1.29 is 22.4 Å². The molecule has 0 saturated carbocycles. The van der Waals surface area contributed by atoms with Crippen LogP contribution in [0.3, 0.4) is 0 Å². The number of urea groups is 1. The van der Waals surface area contributed by atoms with Crippen molar-refractivity contribution >= 4 is 11.7 Å². The minimum atomic E-state index is -4.42. The van der Waals surface area contributed by atoms with E-state index in [-0.39, 0.29) is 29.8 Å². The number of fused-ring (bicyclic) bond motifs is 2. The Labute approximate surface area is 188 Å². The molecular formula is C25H21F4N3O. The molecule has 2 N–H and O–H groups in total. The number of rotatable bonds is 3. The summed E-state index contributed by atoms with van der Waals surface area (Å²) in [6.07, 6.45) is -4.42. The normalized spacial score (nSPS) is 21.9. The van der Waals surface area contributed by atoms with E-state index in [2.05, 4.69) is 10.6 Å². The lowest BCUT2D eigenvalue weighted by molar-refractivity contribution is -0.137. The summed E-state index contributed by atoms with van der Waals surface area (Å²) in [6, 6.07) is 18.3. The summed E-state index contributed by atoms with van der Waals surface area (Å²) in [6.45, 7) is 1.24. The van der Waals surface area contributed by atoms with Gasteiger partial charge >= 0.3 is 12.2 Å². The van der Waals surface area contributed by atoms with Crippen molar-refractivity contribution in [2.75, 3.05) is 18.4 Å². The van der Waals surface area contributed by atoms with Gasteiger partial charge in [0.1, 0.15) is 5.82 Å². The van der Waals surface area contributed by atoms with E-state index in [1.165, 1.54) is 18.2 Å². The van der Waals surface area contributed by atoms with E-state index in [9.17, 15) is 22.4 Å².